The molecule has 3 rings (SSSR count). The molecular weight excluding hydrogens is 234 g/mol. The summed E-state index contributed by atoms with van der Waals surface area (Å²) in [5.74, 6) is -0.381. The fourth-order valence-electron chi connectivity index (χ4n) is 2.00. The normalized spacial score (nSPS) is 11.2. The number of aromatic nitrogens is 5. The van der Waals surface area contributed by atoms with Crippen LogP contribution in [0, 0.1) is 0 Å². The van der Waals surface area contributed by atoms with Gasteiger partial charge in [0.05, 0.1) is 5.69 Å². The number of aryl methyl sites for hydroxylation is 2. The van der Waals surface area contributed by atoms with Gasteiger partial charge in [0.1, 0.15) is 11.4 Å². The number of fused-ring (bicyclic) bond motifs is 1. The van der Waals surface area contributed by atoms with E-state index in [0.29, 0.717) is 5.78 Å². The molecule has 3 aromatic rings. The third kappa shape index (κ3) is 1.33. The molecule has 0 bridgehead atoms. The minimum Gasteiger partial charge on any atom is -0.477 e. The largest absolute Gasteiger partial charge is 0.477 e. The van der Waals surface area contributed by atoms with Crippen molar-refractivity contribution in [2.75, 3.05) is 0 Å². The van der Waals surface area contributed by atoms with Crippen LogP contribution >= 0.6 is 0 Å². The molecule has 1 N–H and O–H groups in total. The summed E-state index contributed by atoms with van der Waals surface area (Å²) in [6.45, 7) is 0. The average Bonchev–Trinajstić information content (AvgIpc) is 2.95. The van der Waals surface area contributed by atoms with Crippen LogP contribution in [0.1, 0.15) is 10.5 Å². The fourth-order valence-corrected chi connectivity index (χ4v) is 2.00. The monoisotopic (exact) mass is 245 g/mol. The number of carboxylic acids is 1. The van der Waals surface area contributed by atoms with Crippen molar-refractivity contribution in [2.24, 2.45) is 14.1 Å². The van der Waals surface area contributed by atoms with Crippen LogP contribution in [-0.2, 0) is 14.1 Å². The van der Waals surface area contributed by atoms with Gasteiger partial charge in [0.15, 0.2) is 0 Å². The summed E-state index contributed by atoms with van der Waals surface area (Å²) < 4.78 is 4.97. The lowest BCUT2D eigenvalue weighted by atomic mass is 10.3. The number of hydrogen-bond acceptors (Lipinski definition) is 3. The number of hydrogen-bond donors (Lipinski definition) is 1. The van der Waals surface area contributed by atoms with Gasteiger partial charge < -0.3 is 9.67 Å². The molecule has 0 fully saturated rings. The van der Waals surface area contributed by atoms with Crippen LogP contribution in [0.4, 0.5) is 0 Å². The minimum atomic E-state index is -0.968. The van der Waals surface area contributed by atoms with Gasteiger partial charge in [0.25, 0.3) is 0 Å². The van der Waals surface area contributed by atoms with Crippen LogP contribution in [-0.4, -0.2) is 34.8 Å². The number of aromatic carboxylic acids is 1. The zero-order valence-corrected chi connectivity index (χ0v) is 9.90. The lowest BCUT2D eigenvalue weighted by molar-refractivity contribution is 0.0687. The Morgan fingerprint density at radius 1 is 1.33 bits per heavy atom. The van der Waals surface area contributed by atoms with E-state index in [2.05, 4.69) is 10.1 Å². The zero-order chi connectivity index (χ0) is 12.9. The fraction of sp³-hybridized carbons (Fsp3) is 0.182. The molecule has 0 aliphatic rings. The molecule has 0 saturated heterocycles. The summed E-state index contributed by atoms with van der Waals surface area (Å²) in [5, 5.41) is 13.1. The summed E-state index contributed by atoms with van der Waals surface area (Å²) in [6, 6.07) is 1.86. The molecule has 0 aliphatic carbocycles. The second-order valence-corrected chi connectivity index (χ2v) is 4.05. The molecule has 18 heavy (non-hydrogen) atoms. The van der Waals surface area contributed by atoms with Crippen molar-refractivity contribution in [3.05, 3.63) is 30.4 Å². The number of rotatable bonds is 2. The first-order valence-corrected chi connectivity index (χ1v) is 5.34. The molecule has 0 saturated carbocycles. The van der Waals surface area contributed by atoms with Gasteiger partial charge in [-0.15, -0.1) is 0 Å². The molecule has 0 aliphatic heterocycles. The maximum absolute atomic E-state index is 11.0. The number of carboxylic acid groups (broad SMARTS) is 1. The van der Waals surface area contributed by atoms with Gasteiger partial charge in [-0.3, -0.25) is 9.08 Å². The van der Waals surface area contributed by atoms with Crippen molar-refractivity contribution in [1.82, 2.24) is 23.7 Å². The van der Waals surface area contributed by atoms with Gasteiger partial charge in [0, 0.05) is 32.7 Å². The summed E-state index contributed by atoms with van der Waals surface area (Å²) in [7, 11) is 3.51. The van der Waals surface area contributed by atoms with Crippen LogP contribution in [0.5, 0.6) is 0 Å². The first kappa shape index (κ1) is 10.6. The van der Waals surface area contributed by atoms with E-state index >= 15 is 0 Å². The van der Waals surface area contributed by atoms with Crippen molar-refractivity contribution in [2.45, 2.75) is 0 Å². The molecule has 7 nitrogen and oxygen atoms in total. The molecule has 0 spiro atoms. The van der Waals surface area contributed by atoms with Crippen molar-refractivity contribution in [3.8, 4) is 11.4 Å². The van der Waals surface area contributed by atoms with Gasteiger partial charge in [-0.05, 0) is 6.07 Å². The Kier molecular flexibility index (Phi) is 2.03. The third-order valence-corrected chi connectivity index (χ3v) is 2.94. The van der Waals surface area contributed by atoms with Crippen molar-refractivity contribution in [1.29, 1.82) is 0 Å². The highest BCUT2D eigenvalue weighted by atomic mass is 16.4. The summed E-state index contributed by atoms with van der Waals surface area (Å²) >= 11 is 0. The predicted molar refractivity (Wildman–Crippen MR) is 63.3 cm³/mol. The summed E-state index contributed by atoms with van der Waals surface area (Å²) in [6.07, 6.45) is 5.03. The highest BCUT2D eigenvalue weighted by molar-refractivity contribution is 5.86. The van der Waals surface area contributed by atoms with Gasteiger partial charge in [-0.25, -0.2) is 9.78 Å². The van der Waals surface area contributed by atoms with E-state index < -0.39 is 5.97 Å². The smallest absolute Gasteiger partial charge is 0.354 e. The Hall–Kier alpha value is -2.57. The first-order chi connectivity index (χ1) is 8.58. The quantitative estimate of drug-likeness (QED) is 0.723. The Morgan fingerprint density at radius 3 is 2.67 bits per heavy atom. The van der Waals surface area contributed by atoms with Crippen LogP contribution in [0.15, 0.2) is 24.7 Å². The number of imidazole rings is 2. The lowest BCUT2D eigenvalue weighted by Crippen LogP contribution is -2.04. The molecule has 7 heteroatoms. The first-order valence-electron chi connectivity index (χ1n) is 5.34. The third-order valence-electron chi connectivity index (χ3n) is 2.94. The van der Waals surface area contributed by atoms with E-state index in [1.807, 2.05) is 13.1 Å². The van der Waals surface area contributed by atoms with Gasteiger partial charge >= 0.3 is 5.97 Å². The maximum atomic E-state index is 11.0. The molecule has 0 amide bonds. The Morgan fingerprint density at radius 2 is 2.11 bits per heavy atom. The molecule has 0 radical (unpaired) electrons. The Balaban J connectivity index is 2.19. The van der Waals surface area contributed by atoms with Crippen molar-refractivity contribution < 1.29 is 9.90 Å². The van der Waals surface area contributed by atoms with E-state index in [1.54, 1.807) is 39.3 Å². The molecule has 3 heterocycles. The van der Waals surface area contributed by atoms with Gasteiger partial charge in [-0.2, -0.15) is 5.10 Å². The van der Waals surface area contributed by atoms with Crippen LogP contribution < -0.4 is 0 Å². The number of nitrogens with zero attached hydrogens (tertiary/aromatic N) is 5. The summed E-state index contributed by atoms with van der Waals surface area (Å²) in [4.78, 5) is 15.4. The summed E-state index contributed by atoms with van der Waals surface area (Å²) in [5.41, 5.74) is 1.85. The van der Waals surface area contributed by atoms with E-state index in [0.717, 1.165) is 11.4 Å². The van der Waals surface area contributed by atoms with Crippen molar-refractivity contribution in [3.63, 3.8) is 0 Å². The second-order valence-electron chi connectivity index (χ2n) is 4.05. The van der Waals surface area contributed by atoms with E-state index in [-0.39, 0.29) is 5.69 Å². The molecule has 0 aromatic carbocycles. The Labute approximate surface area is 102 Å². The standard InChI is InChI=1S/C11H11N5O2/c1-14-9(10(17)18)6-16-5-7(13-11(14)16)8-3-4-12-15(8)2/h3-6H,1-2H3,(H,17,18). The highest BCUT2D eigenvalue weighted by Gasteiger charge is 2.16. The van der Waals surface area contributed by atoms with E-state index in [1.165, 1.54) is 0 Å². The predicted octanol–water partition coefficient (Wildman–Crippen LogP) is 0.771. The van der Waals surface area contributed by atoms with E-state index in [4.69, 9.17) is 5.11 Å². The molecule has 3 aromatic heterocycles. The Bertz CT molecular complexity index is 749. The second kappa shape index (κ2) is 3.46. The minimum absolute atomic E-state index is 0.203. The molecular formula is C11H11N5O2. The van der Waals surface area contributed by atoms with Crippen LogP contribution in [0.25, 0.3) is 17.2 Å². The van der Waals surface area contributed by atoms with Gasteiger partial charge in [0.2, 0.25) is 5.78 Å². The van der Waals surface area contributed by atoms with Crippen LogP contribution in [0.2, 0.25) is 0 Å². The lowest BCUT2D eigenvalue weighted by Gasteiger charge is -1.97. The topological polar surface area (TPSA) is 77.4 Å². The van der Waals surface area contributed by atoms with Crippen LogP contribution in [0.3, 0.4) is 0 Å². The average molecular weight is 245 g/mol. The number of carbonyl (C=O) groups is 1. The molecule has 0 atom stereocenters. The SMILES string of the molecule is Cn1nccc1-c1cn2cc(C(=O)O)n(C)c2n1. The molecule has 0 unspecified atom stereocenters. The highest BCUT2D eigenvalue weighted by Crippen LogP contribution is 2.19. The zero-order valence-electron chi connectivity index (χ0n) is 9.90. The van der Waals surface area contributed by atoms with Gasteiger partial charge in [-0.1, -0.05) is 0 Å². The maximum Gasteiger partial charge on any atom is 0.354 e. The van der Waals surface area contributed by atoms with E-state index in [9.17, 15) is 4.79 Å². The molecule has 92 valence electrons. The van der Waals surface area contributed by atoms with Crippen molar-refractivity contribution >= 4 is 11.7 Å².